The molecule has 0 saturated heterocycles. The highest BCUT2D eigenvalue weighted by atomic mass is 35.5. The second-order valence-electron chi connectivity index (χ2n) is 4.10. The molecule has 1 amide bonds. The lowest BCUT2D eigenvalue weighted by Crippen LogP contribution is -2.24. The minimum absolute atomic E-state index is 0.116. The first-order valence-electron chi connectivity index (χ1n) is 5.93. The van der Waals surface area contributed by atoms with Crippen LogP contribution in [0.4, 0.5) is 0 Å². The van der Waals surface area contributed by atoms with Gasteiger partial charge in [-0.15, -0.1) is 11.3 Å². The highest BCUT2D eigenvalue weighted by Crippen LogP contribution is 2.22. The van der Waals surface area contributed by atoms with E-state index in [1.807, 2.05) is 48.7 Å². The highest BCUT2D eigenvalue weighted by molar-refractivity contribution is 7.10. The largest absolute Gasteiger partial charge is 0.346 e. The van der Waals surface area contributed by atoms with Crippen LogP contribution in [-0.4, -0.2) is 5.91 Å². The molecule has 1 N–H and O–H groups in total. The molecule has 98 valence electrons. The molecule has 2 aromatic rings. The summed E-state index contributed by atoms with van der Waals surface area (Å²) in [6, 6.07) is 11.3. The van der Waals surface area contributed by atoms with Crippen molar-refractivity contribution in [3.8, 4) is 0 Å². The Hall–Kier alpha value is -1.58. The Morgan fingerprint density at radius 1 is 1.32 bits per heavy atom. The van der Waals surface area contributed by atoms with Gasteiger partial charge >= 0.3 is 0 Å². The summed E-state index contributed by atoms with van der Waals surface area (Å²) in [6.45, 7) is 1.91. The molecule has 0 aliphatic carbocycles. The minimum atomic E-state index is -0.124. The van der Waals surface area contributed by atoms with E-state index in [1.54, 1.807) is 23.5 Å². The third-order valence-corrected chi connectivity index (χ3v) is 3.85. The van der Waals surface area contributed by atoms with Crippen molar-refractivity contribution in [2.45, 2.75) is 13.0 Å². The second kappa shape index (κ2) is 6.55. The van der Waals surface area contributed by atoms with Gasteiger partial charge in [0, 0.05) is 16.0 Å². The predicted octanol–water partition coefficient (Wildman–Crippen LogP) is 4.29. The van der Waals surface area contributed by atoms with Gasteiger partial charge in [0.15, 0.2) is 0 Å². The number of rotatable bonds is 4. The summed E-state index contributed by atoms with van der Waals surface area (Å²) in [5, 5.41) is 5.53. The molecule has 0 bridgehead atoms. The quantitative estimate of drug-likeness (QED) is 0.837. The Balaban J connectivity index is 1.97. The fourth-order valence-corrected chi connectivity index (χ4v) is 2.63. The number of thiophene rings is 1. The van der Waals surface area contributed by atoms with E-state index in [4.69, 9.17) is 11.6 Å². The van der Waals surface area contributed by atoms with Gasteiger partial charge in [0.2, 0.25) is 5.91 Å². The number of benzene rings is 1. The Kier molecular flexibility index (Phi) is 4.77. The van der Waals surface area contributed by atoms with Gasteiger partial charge < -0.3 is 5.32 Å². The molecule has 0 fully saturated rings. The first kappa shape index (κ1) is 13.8. The molecule has 0 radical (unpaired) electrons. The van der Waals surface area contributed by atoms with E-state index in [-0.39, 0.29) is 11.9 Å². The molecule has 19 heavy (non-hydrogen) atoms. The molecule has 0 aliphatic rings. The summed E-state index contributed by atoms with van der Waals surface area (Å²) in [6.07, 6.45) is 3.35. The SMILES string of the molecule is CC(NC(=O)/C=C/c1cccs1)c1ccccc1Cl. The number of carbonyl (C=O) groups is 1. The molecule has 0 spiro atoms. The maximum absolute atomic E-state index is 11.8. The van der Waals surface area contributed by atoms with Crippen molar-refractivity contribution in [2.24, 2.45) is 0 Å². The number of hydrogen-bond donors (Lipinski definition) is 1. The standard InChI is InChI=1S/C15H14ClNOS/c1-11(13-6-2-3-7-14(13)16)17-15(18)9-8-12-5-4-10-19-12/h2-11H,1H3,(H,17,18)/b9-8+. The van der Waals surface area contributed by atoms with Crippen LogP contribution >= 0.6 is 22.9 Å². The minimum Gasteiger partial charge on any atom is -0.346 e. The van der Waals surface area contributed by atoms with Gasteiger partial charge in [0.05, 0.1) is 6.04 Å². The average Bonchev–Trinajstić information content (AvgIpc) is 2.90. The summed E-state index contributed by atoms with van der Waals surface area (Å²) in [7, 11) is 0. The van der Waals surface area contributed by atoms with E-state index < -0.39 is 0 Å². The maximum atomic E-state index is 11.8. The molecule has 2 rings (SSSR count). The summed E-state index contributed by atoms with van der Waals surface area (Å²) < 4.78 is 0. The fraction of sp³-hybridized carbons (Fsp3) is 0.133. The van der Waals surface area contributed by atoms with E-state index in [0.717, 1.165) is 10.4 Å². The van der Waals surface area contributed by atoms with Crippen LogP contribution in [0.2, 0.25) is 5.02 Å². The smallest absolute Gasteiger partial charge is 0.244 e. The van der Waals surface area contributed by atoms with Gasteiger partial charge in [-0.3, -0.25) is 4.79 Å². The van der Waals surface area contributed by atoms with Crippen molar-refractivity contribution in [3.05, 3.63) is 63.3 Å². The lowest BCUT2D eigenvalue weighted by atomic mass is 10.1. The Labute approximate surface area is 121 Å². The van der Waals surface area contributed by atoms with Gasteiger partial charge in [-0.05, 0) is 36.1 Å². The average molecular weight is 292 g/mol. The zero-order chi connectivity index (χ0) is 13.7. The van der Waals surface area contributed by atoms with Crippen LogP contribution in [0.3, 0.4) is 0 Å². The van der Waals surface area contributed by atoms with Crippen molar-refractivity contribution in [3.63, 3.8) is 0 Å². The van der Waals surface area contributed by atoms with Crippen LogP contribution in [0.15, 0.2) is 47.9 Å². The third kappa shape index (κ3) is 3.94. The van der Waals surface area contributed by atoms with Gasteiger partial charge in [-0.2, -0.15) is 0 Å². The monoisotopic (exact) mass is 291 g/mol. The molecule has 1 aromatic carbocycles. The Morgan fingerprint density at radius 2 is 2.11 bits per heavy atom. The van der Waals surface area contributed by atoms with Gasteiger partial charge in [0.1, 0.15) is 0 Å². The number of amides is 1. The molecule has 2 nitrogen and oxygen atoms in total. The number of hydrogen-bond acceptors (Lipinski definition) is 2. The molecule has 1 atom stereocenters. The number of nitrogens with one attached hydrogen (secondary N) is 1. The number of carbonyl (C=O) groups excluding carboxylic acids is 1. The van der Waals surface area contributed by atoms with Crippen molar-refractivity contribution in [1.29, 1.82) is 0 Å². The summed E-state index contributed by atoms with van der Waals surface area (Å²) in [4.78, 5) is 12.9. The molecule has 1 unspecified atom stereocenters. The Morgan fingerprint density at radius 3 is 2.79 bits per heavy atom. The first-order chi connectivity index (χ1) is 9.16. The second-order valence-corrected chi connectivity index (χ2v) is 5.49. The van der Waals surface area contributed by atoms with Crippen molar-refractivity contribution < 1.29 is 4.79 Å². The van der Waals surface area contributed by atoms with Crippen molar-refractivity contribution in [2.75, 3.05) is 0 Å². The zero-order valence-corrected chi connectivity index (χ0v) is 12.0. The topological polar surface area (TPSA) is 29.1 Å². The lowest BCUT2D eigenvalue weighted by Gasteiger charge is -2.14. The summed E-state index contributed by atoms with van der Waals surface area (Å²) in [5.74, 6) is -0.124. The molecule has 1 aromatic heterocycles. The van der Waals surface area contributed by atoms with Crippen LogP contribution < -0.4 is 5.32 Å². The molecular weight excluding hydrogens is 278 g/mol. The van der Waals surface area contributed by atoms with E-state index in [1.165, 1.54) is 0 Å². The highest BCUT2D eigenvalue weighted by Gasteiger charge is 2.10. The zero-order valence-electron chi connectivity index (χ0n) is 10.5. The third-order valence-electron chi connectivity index (χ3n) is 2.67. The predicted molar refractivity (Wildman–Crippen MR) is 81.4 cm³/mol. The van der Waals surface area contributed by atoms with Gasteiger partial charge in [0.25, 0.3) is 0 Å². The molecule has 0 aliphatic heterocycles. The van der Waals surface area contributed by atoms with E-state index >= 15 is 0 Å². The van der Waals surface area contributed by atoms with Crippen LogP contribution in [-0.2, 0) is 4.79 Å². The van der Waals surface area contributed by atoms with Gasteiger partial charge in [-0.25, -0.2) is 0 Å². The van der Waals surface area contributed by atoms with Crippen LogP contribution in [0.25, 0.3) is 6.08 Å². The number of halogens is 1. The first-order valence-corrected chi connectivity index (χ1v) is 7.19. The van der Waals surface area contributed by atoms with Crippen molar-refractivity contribution >= 4 is 34.9 Å². The van der Waals surface area contributed by atoms with Crippen LogP contribution in [0.5, 0.6) is 0 Å². The van der Waals surface area contributed by atoms with Crippen LogP contribution in [0, 0.1) is 0 Å². The molecule has 0 saturated carbocycles. The molecule has 1 heterocycles. The summed E-state index contributed by atoms with van der Waals surface area (Å²) >= 11 is 7.69. The molecule has 4 heteroatoms. The fourth-order valence-electron chi connectivity index (χ4n) is 1.71. The summed E-state index contributed by atoms with van der Waals surface area (Å²) in [5.41, 5.74) is 0.919. The molecular formula is C15H14ClNOS. The van der Waals surface area contributed by atoms with E-state index in [9.17, 15) is 4.79 Å². The van der Waals surface area contributed by atoms with E-state index in [2.05, 4.69) is 5.32 Å². The van der Waals surface area contributed by atoms with Gasteiger partial charge in [-0.1, -0.05) is 35.9 Å². The van der Waals surface area contributed by atoms with Crippen molar-refractivity contribution in [1.82, 2.24) is 5.32 Å². The Bertz CT molecular complexity index is 578. The maximum Gasteiger partial charge on any atom is 0.244 e. The lowest BCUT2D eigenvalue weighted by molar-refractivity contribution is -0.117. The normalized spacial score (nSPS) is 12.5. The van der Waals surface area contributed by atoms with E-state index in [0.29, 0.717) is 5.02 Å². The van der Waals surface area contributed by atoms with Crippen LogP contribution in [0.1, 0.15) is 23.4 Å².